The Morgan fingerprint density at radius 1 is 0.680 bits per heavy atom. The molecule has 0 saturated heterocycles. The van der Waals surface area contributed by atoms with Crippen molar-refractivity contribution < 1.29 is 0 Å². The summed E-state index contributed by atoms with van der Waals surface area (Å²) in [6.07, 6.45) is 0. The van der Waals surface area contributed by atoms with Crippen LogP contribution in [0.2, 0.25) is 0 Å². The summed E-state index contributed by atoms with van der Waals surface area (Å²) in [4.78, 5) is 25.9. The number of aromatic nitrogens is 2. The normalized spacial score (nSPS) is 11.7. The summed E-state index contributed by atoms with van der Waals surface area (Å²) in [5, 5.41) is 1.97. The van der Waals surface area contributed by atoms with E-state index < -0.39 is 11.1 Å². The van der Waals surface area contributed by atoms with Crippen molar-refractivity contribution in [2.75, 3.05) is 0 Å². The quantitative estimate of drug-likeness (QED) is 0.443. The number of hydrogen-bond acceptors (Lipinski definition) is 2. The maximum Gasteiger partial charge on any atom is 0.321 e. The van der Waals surface area contributed by atoms with E-state index in [4.69, 9.17) is 0 Å². The molecule has 2 aromatic heterocycles. The van der Waals surface area contributed by atoms with Gasteiger partial charge in [0.05, 0.1) is 16.6 Å². The maximum atomic E-state index is 13.0. The standard InChI is InChI=1S/C21H14N2O2/c1-13-11-12-16-15-9-5-6-10-17(15)23-19(16)18(13)22(20(24)21(23)25)14-7-3-2-4-8-14/h2-12H,1H3. The Morgan fingerprint density at radius 3 is 2.20 bits per heavy atom. The second-order valence-corrected chi connectivity index (χ2v) is 6.26. The molecule has 5 aromatic rings. The highest BCUT2D eigenvalue weighted by atomic mass is 16.2. The Morgan fingerprint density at radius 2 is 1.40 bits per heavy atom. The molecule has 0 aliphatic carbocycles. The molecule has 0 spiro atoms. The smallest absolute Gasteiger partial charge is 0.270 e. The number of rotatable bonds is 1. The zero-order chi connectivity index (χ0) is 17.1. The molecular formula is C21H14N2O2. The first-order chi connectivity index (χ1) is 12.2. The average Bonchev–Trinajstić information content (AvgIpc) is 2.98. The molecule has 0 atom stereocenters. The zero-order valence-corrected chi connectivity index (χ0v) is 13.6. The van der Waals surface area contributed by atoms with E-state index in [2.05, 4.69) is 0 Å². The predicted octanol–water partition coefficient (Wildman–Crippen LogP) is 3.50. The highest BCUT2D eigenvalue weighted by Crippen LogP contribution is 2.32. The van der Waals surface area contributed by atoms with Gasteiger partial charge in [-0.15, -0.1) is 0 Å². The van der Waals surface area contributed by atoms with Crippen LogP contribution in [0.5, 0.6) is 0 Å². The highest BCUT2D eigenvalue weighted by molar-refractivity contribution is 6.13. The van der Waals surface area contributed by atoms with Crippen LogP contribution in [0.4, 0.5) is 0 Å². The van der Waals surface area contributed by atoms with E-state index in [1.807, 2.05) is 73.7 Å². The van der Waals surface area contributed by atoms with E-state index in [-0.39, 0.29) is 0 Å². The van der Waals surface area contributed by atoms with Crippen LogP contribution in [-0.2, 0) is 0 Å². The van der Waals surface area contributed by atoms with Gasteiger partial charge in [-0.25, -0.2) is 0 Å². The summed E-state index contributed by atoms with van der Waals surface area (Å²) in [6.45, 7) is 1.97. The highest BCUT2D eigenvalue weighted by Gasteiger charge is 2.20. The monoisotopic (exact) mass is 326 g/mol. The van der Waals surface area contributed by atoms with E-state index in [1.54, 1.807) is 8.97 Å². The van der Waals surface area contributed by atoms with Gasteiger partial charge in [-0.2, -0.15) is 0 Å². The Bertz CT molecular complexity index is 1380. The Hall–Kier alpha value is -3.40. The third-order valence-corrected chi connectivity index (χ3v) is 4.84. The van der Waals surface area contributed by atoms with Crippen molar-refractivity contribution in [1.82, 2.24) is 8.97 Å². The number of benzene rings is 3. The summed E-state index contributed by atoms with van der Waals surface area (Å²) in [6, 6.07) is 21.1. The van der Waals surface area contributed by atoms with Gasteiger partial charge in [-0.1, -0.05) is 48.5 Å². The molecule has 2 heterocycles. The number of para-hydroxylation sites is 2. The molecule has 4 heteroatoms. The van der Waals surface area contributed by atoms with Gasteiger partial charge in [-0.3, -0.25) is 18.6 Å². The van der Waals surface area contributed by atoms with Crippen molar-refractivity contribution >= 4 is 27.3 Å². The molecule has 0 saturated carbocycles. The summed E-state index contributed by atoms with van der Waals surface area (Å²) >= 11 is 0. The second kappa shape index (κ2) is 4.80. The summed E-state index contributed by atoms with van der Waals surface area (Å²) < 4.78 is 3.10. The van der Waals surface area contributed by atoms with Crippen molar-refractivity contribution in [3.8, 4) is 5.69 Å². The molecule has 0 bridgehead atoms. The van der Waals surface area contributed by atoms with Gasteiger partial charge >= 0.3 is 11.1 Å². The van der Waals surface area contributed by atoms with Crippen LogP contribution in [0.3, 0.4) is 0 Å². The molecule has 0 unspecified atom stereocenters. The summed E-state index contributed by atoms with van der Waals surface area (Å²) in [5.41, 5.74) is 2.97. The van der Waals surface area contributed by atoms with Crippen LogP contribution >= 0.6 is 0 Å². The lowest BCUT2D eigenvalue weighted by Gasteiger charge is -2.13. The van der Waals surface area contributed by atoms with Crippen LogP contribution in [0.15, 0.2) is 76.3 Å². The van der Waals surface area contributed by atoms with Gasteiger partial charge in [0.15, 0.2) is 0 Å². The lowest BCUT2D eigenvalue weighted by Crippen LogP contribution is -2.38. The third kappa shape index (κ3) is 1.71. The number of hydrogen-bond donors (Lipinski definition) is 0. The van der Waals surface area contributed by atoms with Crippen molar-refractivity contribution in [3.63, 3.8) is 0 Å². The molecule has 0 aliphatic heterocycles. The first kappa shape index (κ1) is 14.0. The van der Waals surface area contributed by atoms with Crippen LogP contribution in [0.1, 0.15) is 5.56 Å². The van der Waals surface area contributed by atoms with E-state index >= 15 is 0 Å². The van der Waals surface area contributed by atoms with Gasteiger partial charge in [0.2, 0.25) is 0 Å². The van der Waals surface area contributed by atoms with Crippen molar-refractivity contribution in [1.29, 1.82) is 0 Å². The molecule has 0 fully saturated rings. The van der Waals surface area contributed by atoms with Crippen LogP contribution in [0, 0.1) is 6.92 Å². The first-order valence-electron chi connectivity index (χ1n) is 8.15. The fraction of sp³-hybridized carbons (Fsp3) is 0.0476. The lowest BCUT2D eigenvalue weighted by molar-refractivity contribution is 0.959. The van der Waals surface area contributed by atoms with Crippen LogP contribution in [-0.4, -0.2) is 8.97 Å². The topological polar surface area (TPSA) is 43.5 Å². The summed E-state index contributed by atoms with van der Waals surface area (Å²) in [7, 11) is 0. The second-order valence-electron chi connectivity index (χ2n) is 6.26. The van der Waals surface area contributed by atoms with Gasteiger partial charge < -0.3 is 0 Å². The largest absolute Gasteiger partial charge is 0.321 e. The number of aryl methyl sites for hydroxylation is 1. The van der Waals surface area contributed by atoms with Crippen molar-refractivity contribution in [2.24, 2.45) is 0 Å². The minimum Gasteiger partial charge on any atom is -0.270 e. The van der Waals surface area contributed by atoms with Crippen molar-refractivity contribution in [2.45, 2.75) is 6.92 Å². The van der Waals surface area contributed by atoms with E-state index in [0.29, 0.717) is 5.69 Å². The van der Waals surface area contributed by atoms with Crippen LogP contribution in [0.25, 0.3) is 33.0 Å². The third-order valence-electron chi connectivity index (χ3n) is 4.84. The molecule has 3 aromatic carbocycles. The molecule has 120 valence electrons. The Balaban J connectivity index is 2.19. The van der Waals surface area contributed by atoms with Gasteiger partial charge in [0, 0.05) is 16.5 Å². The molecule has 25 heavy (non-hydrogen) atoms. The Kier molecular flexibility index (Phi) is 2.69. The Labute approximate surface area is 142 Å². The minimum absolute atomic E-state index is 0.520. The molecule has 4 nitrogen and oxygen atoms in total. The van der Waals surface area contributed by atoms with E-state index in [0.717, 1.165) is 32.9 Å². The van der Waals surface area contributed by atoms with E-state index in [1.165, 1.54) is 0 Å². The number of nitrogens with zero attached hydrogens (tertiary/aromatic N) is 2. The number of fused-ring (bicyclic) bond motifs is 3. The van der Waals surface area contributed by atoms with Crippen molar-refractivity contribution in [3.05, 3.63) is 93.0 Å². The fourth-order valence-corrected chi connectivity index (χ4v) is 3.75. The first-order valence-corrected chi connectivity index (χ1v) is 8.15. The maximum absolute atomic E-state index is 13.0. The minimum atomic E-state index is -0.532. The molecule has 0 N–H and O–H groups in total. The SMILES string of the molecule is Cc1ccc2c3ccccc3n3c(=O)c(=O)n(-c4ccccc4)c1c23. The molecule has 0 aliphatic rings. The van der Waals surface area contributed by atoms with Gasteiger partial charge in [-0.05, 0) is 30.7 Å². The lowest BCUT2D eigenvalue weighted by atomic mass is 10.1. The molecule has 5 rings (SSSR count). The molecule has 0 amide bonds. The van der Waals surface area contributed by atoms with Gasteiger partial charge in [0.25, 0.3) is 0 Å². The van der Waals surface area contributed by atoms with E-state index in [9.17, 15) is 9.59 Å². The molecule has 0 radical (unpaired) electrons. The summed E-state index contributed by atoms with van der Waals surface area (Å²) in [5.74, 6) is 0. The van der Waals surface area contributed by atoms with Gasteiger partial charge in [0.1, 0.15) is 0 Å². The van der Waals surface area contributed by atoms with Crippen LogP contribution < -0.4 is 11.1 Å². The molecular weight excluding hydrogens is 312 g/mol. The average molecular weight is 326 g/mol. The fourth-order valence-electron chi connectivity index (χ4n) is 3.75. The zero-order valence-electron chi connectivity index (χ0n) is 13.6. The predicted molar refractivity (Wildman–Crippen MR) is 100 cm³/mol.